The van der Waals surface area contributed by atoms with E-state index in [9.17, 15) is 5.11 Å². The highest BCUT2D eigenvalue weighted by Crippen LogP contribution is 2.35. The second-order valence-electron chi connectivity index (χ2n) is 8.88. The summed E-state index contributed by atoms with van der Waals surface area (Å²) in [5, 5.41) is 37.8. The zero-order chi connectivity index (χ0) is 26.3. The monoisotopic (exact) mass is 543 g/mol. The largest absolute Gasteiger partial charge is 0.506 e. The summed E-state index contributed by atoms with van der Waals surface area (Å²) in [6, 6.07) is 21.8. The molecule has 2 heterocycles. The zero-order valence-corrected chi connectivity index (χ0v) is 22.4. The molecule has 0 amide bonds. The lowest BCUT2D eigenvalue weighted by Crippen LogP contribution is -2.28. The summed E-state index contributed by atoms with van der Waals surface area (Å²) in [5.74, 6) is 0.00893. The Morgan fingerprint density at radius 2 is 1.29 bits per heavy atom. The summed E-state index contributed by atoms with van der Waals surface area (Å²) in [7, 11) is 0. The molecular weight excluding hydrogens is 518 g/mol. The van der Waals surface area contributed by atoms with Gasteiger partial charge in [0, 0.05) is 13.1 Å². The van der Waals surface area contributed by atoms with Gasteiger partial charge in [0.2, 0.25) is 0 Å². The van der Waals surface area contributed by atoms with Crippen molar-refractivity contribution in [3.05, 3.63) is 83.4 Å². The summed E-state index contributed by atoms with van der Waals surface area (Å²) in [5.41, 5.74) is 4.41. The van der Waals surface area contributed by atoms with Gasteiger partial charge in [0.05, 0.1) is 38.5 Å². The Kier molecular flexibility index (Phi) is 8.15. The molecule has 1 fully saturated rings. The van der Waals surface area contributed by atoms with Crippen molar-refractivity contribution in [2.24, 2.45) is 30.7 Å². The molecule has 4 aromatic rings. The summed E-state index contributed by atoms with van der Waals surface area (Å²) in [6.45, 7) is 4.22. The molecule has 0 bridgehead atoms. The van der Waals surface area contributed by atoms with Crippen LogP contribution in [0.25, 0.3) is 0 Å². The molecule has 5 rings (SSSR count). The molecule has 1 N–H and O–H groups in total. The molecule has 0 aliphatic carbocycles. The van der Waals surface area contributed by atoms with Crippen LogP contribution in [0.15, 0.2) is 103 Å². The molecule has 8 nitrogen and oxygen atoms in total. The molecule has 38 heavy (non-hydrogen) atoms. The van der Waals surface area contributed by atoms with E-state index in [0.717, 1.165) is 35.0 Å². The first-order valence-corrected chi connectivity index (χ1v) is 13.5. The first-order chi connectivity index (χ1) is 18.5. The van der Waals surface area contributed by atoms with Crippen LogP contribution in [0.2, 0.25) is 5.02 Å². The number of hydrogen-bond donors (Lipinski definition) is 1. The molecular formula is C28H26ClN7OS. The molecule has 192 valence electrons. The van der Waals surface area contributed by atoms with Gasteiger partial charge in [0.1, 0.15) is 10.8 Å². The van der Waals surface area contributed by atoms with E-state index in [2.05, 4.69) is 41.7 Å². The van der Waals surface area contributed by atoms with Gasteiger partial charge in [-0.25, -0.2) is 0 Å². The molecule has 1 aliphatic heterocycles. The number of hydrogen-bond acceptors (Lipinski definition) is 9. The third kappa shape index (κ3) is 6.67. The van der Waals surface area contributed by atoms with E-state index in [1.54, 1.807) is 35.6 Å². The maximum Gasteiger partial charge on any atom is 0.140 e. The minimum absolute atomic E-state index is 0.00893. The van der Waals surface area contributed by atoms with Crippen molar-refractivity contribution in [3.63, 3.8) is 0 Å². The molecule has 0 spiro atoms. The molecule has 1 aliphatic rings. The number of anilines is 1. The molecule has 3 aromatic carbocycles. The number of benzene rings is 3. The predicted octanol–water partition coefficient (Wildman–Crippen LogP) is 10.7. The fourth-order valence-electron chi connectivity index (χ4n) is 3.95. The number of azo groups is 3. The Bertz CT molecular complexity index is 1490. The number of nitrogens with zero attached hydrogens (tertiary/aromatic N) is 7. The summed E-state index contributed by atoms with van der Waals surface area (Å²) in [4.78, 5) is 2.43. The van der Waals surface area contributed by atoms with Gasteiger partial charge in [-0.1, -0.05) is 22.9 Å². The van der Waals surface area contributed by atoms with Crippen molar-refractivity contribution in [2.45, 2.75) is 26.2 Å². The smallest absolute Gasteiger partial charge is 0.140 e. The number of aromatic hydroxyl groups is 1. The van der Waals surface area contributed by atoms with Crippen LogP contribution >= 0.6 is 22.9 Å². The van der Waals surface area contributed by atoms with Gasteiger partial charge in [-0.15, -0.1) is 10.2 Å². The van der Waals surface area contributed by atoms with Gasteiger partial charge in [-0.2, -0.15) is 20.5 Å². The van der Waals surface area contributed by atoms with Gasteiger partial charge >= 0.3 is 0 Å². The number of thiophene rings is 1. The highest BCUT2D eigenvalue weighted by Gasteiger charge is 2.12. The molecule has 0 atom stereocenters. The van der Waals surface area contributed by atoms with Gasteiger partial charge in [0.15, 0.2) is 0 Å². The van der Waals surface area contributed by atoms with E-state index in [1.807, 2.05) is 43.3 Å². The van der Waals surface area contributed by atoms with Crippen molar-refractivity contribution >= 4 is 61.4 Å². The normalized spacial score (nSPS) is 14.3. The van der Waals surface area contributed by atoms with Gasteiger partial charge in [-0.05, 0) is 105 Å². The number of piperidine rings is 1. The maximum absolute atomic E-state index is 9.50. The Labute approximate surface area is 230 Å². The number of aryl methyl sites for hydroxylation is 1. The summed E-state index contributed by atoms with van der Waals surface area (Å²) < 4.78 is 0. The van der Waals surface area contributed by atoms with Crippen molar-refractivity contribution < 1.29 is 5.11 Å². The van der Waals surface area contributed by atoms with E-state index in [4.69, 9.17) is 11.6 Å². The fraction of sp³-hybridized carbons (Fsp3) is 0.214. The second kappa shape index (κ2) is 12.1. The van der Waals surface area contributed by atoms with Crippen LogP contribution in [0.3, 0.4) is 0 Å². The lowest BCUT2D eigenvalue weighted by Gasteiger charge is -2.26. The lowest BCUT2D eigenvalue weighted by molar-refractivity contribution is 0.475. The van der Waals surface area contributed by atoms with Crippen LogP contribution in [-0.4, -0.2) is 18.2 Å². The van der Waals surface area contributed by atoms with Crippen LogP contribution in [0, 0.1) is 6.92 Å². The Morgan fingerprint density at radius 3 is 2.00 bits per heavy atom. The number of rotatable bonds is 7. The first-order valence-electron chi connectivity index (χ1n) is 12.3. The summed E-state index contributed by atoms with van der Waals surface area (Å²) >= 11 is 7.58. The lowest BCUT2D eigenvalue weighted by atomic mass is 10.1. The van der Waals surface area contributed by atoms with Crippen molar-refractivity contribution in [3.8, 4) is 5.75 Å². The van der Waals surface area contributed by atoms with E-state index >= 15 is 0 Å². The molecule has 0 unspecified atom stereocenters. The van der Waals surface area contributed by atoms with Crippen LogP contribution < -0.4 is 4.90 Å². The SMILES string of the molecule is Cc1cc(N=Nc2ccc(N3CCCCC3)s2)ccc1N=Nc1ccc(N=Nc2ccc(O)c(Cl)c2)cc1. The third-order valence-electron chi connectivity index (χ3n) is 6.02. The number of phenolic OH excluding ortho intramolecular Hbond substituents is 1. The average Bonchev–Trinajstić information content (AvgIpc) is 3.42. The van der Waals surface area contributed by atoms with Gasteiger partial charge < -0.3 is 10.0 Å². The zero-order valence-electron chi connectivity index (χ0n) is 20.8. The van der Waals surface area contributed by atoms with E-state index in [1.165, 1.54) is 30.3 Å². The quantitative estimate of drug-likeness (QED) is 0.234. The molecule has 0 radical (unpaired) electrons. The molecule has 0 saturated carbocycles. The van der Waals surface area contributed by atoms with Gasteiger partial charge in [0.25, 0.3) is 0 Å². The highest BCUT2D eigenvalue weighted by atomic mass is 35.5. The molecule has 10 heteroatoms. The van der Waals surface area contributed by atoms with E-state index < -0.39 is 0 Å². The minimum atomic E-state index is 0.00893. The third-order valence-corrected chi connectivity index (χ3v) is 7.36. The Hall–Kier alpha value is -3.95. The standard InChI is InChI=1S/C28H26ClN7OS/c1-19-17-22(33-35-27-13-14-28(38-27)36-15-3-2-4-16-36)9-11-25(19)34-31-21-7-5-20(6-8-21)30-32-23-10-12-26(37)24(29)18-23/h5-14,17-18,37H,2-4,15-16H2,1H3. The Balaban J connectivity index is 1.19. The van der Waals surface area contributed by atoms with Crippen LogP contribution in [0.1, 0.15) is 24.8 Å². The minimum Gasteiger partial charge on any atom is -0.506 e. The number of phenols is 1. The maximum atomic E-state index is 9.50. The number of halogens is 1. The summed E-state index contributed by atoms with van der Waals surface area (Å²) in [6.07, 6.45) is 3.84. The predicted molar refractivity (Wildman–Crippen MR) is 154 cm³/mol. The molecule has 1 saturated heterocycles. The van der Waals surface area contributed by atoms with Crippen molar-refractivity contribution in [1.29, 1.82) is 0 Å². The van der Waals surface area contributed by atoms with Crippen LogP contribution in [0.4, 0.5) is 38.4 Å². The second-order valence-corrected chi connectivity index (χ2v) is 10.3. The highest BCUT2D eigenvalue weighted by molar-refractivity contribution is 7.19. The Morgan fingerprint density at radius 1 is 0.684 bits per heavy atom. The molecule has 1 aromatic heterocycles. The average molecular weight is 544 g/mol. The topological polar surface area (TPSA) is 97.6 Å². The van der Waals surface area contributed by atoms with Gasteiger partial charge in [-0.3, -0.25) is 0 Å². The fourth-order valence-corrected chi connectivity index (χ4v) is 5.00. The van der Waals surface area contributed by atoms with Crippen molar-refractivity contribution in [2.75, 3.05) is 18.0 Å². The van der Waals surface area contributed by atoms with E-state index in [-0.39, 0.29) is 10.8 Å². The van der Waals surface area contributed by atoms with Crippen LogP contribution in [0.5, 0.6) is 5.75 Å². The first kappa shape index (κ1) is 25.7. The van der Waals surface area contributed by atoms with E-state index in [0.29, 0.717) is 17.1 Å². The van der Waals surface area contributed by atoms with Crippen LogP contribution in [-0.2, 0) is 0 Å². The van der Waals surface area contributed by atoms with Crippen molar-refractivity contribution in [1.82, 2.24) is 0 Å².